The van der Waals surface area contributed by atoms with E-state index in [9.17, 15) is 9.18 Å². The Hall–Kier alpha value is -2.67. The lowest BCUT2D eigenvalue weighted by Crippen LogP contribution is -2.14. The lowest BCUT2D eigenvalue weighted by Gasteiger charge is -2.04. The predicted octanol–water partition coefficient (Wildman–Crippen LogP) is 3.53. The average Bonchev–Trinajstić information content (AvgIpc) is 3.03. The highest BCUT2D eigenvalue weighted by Crippen LogP contribution is 2.19. The summed E-state index contributed by atoms with van der Waals surface area (Å²) in [5.41, 5.74) is 1.22. The molecule has 0 radical (unpaired) electrons. The molecule has 122 valence electrons. The maximum Gasteiger partial charge on any atom is 0.277 e. The Balaban J connectivity index is 1.52. The molecule has 1 aromatic heterocycles. The van der Waals surface area contributed by atoms with Gasteiger partial charge < -0.3 is 9.73 Å². The second kappa shape index (κ2) is 7.74. The van der Waals surface area contributed by atoms with Crippen LogP contribution in [0, 0.1) is 5.82 Å². The molecule has 1 N–H and O–H groups in total. The van der Waals surface area contributed by atoms with E-state index >= 15 is 0 Å². The maximum absolute atomic E-state index is 13.5. The van der Waals surface area contributed by atoms with E-state index in [1.165, 1.54) is 12.1 Å². The third-order valence-corrected chi connectivity index (χ3v) is 3.94. The van der Waals surface area contributed by atoms with E-state index < -0.39 is 5.82 Å². The Kier molecular flexibility index (Phi) is 5.22. The number of hydrogen-bond donors (Lipinski definition) is 1. The van der Waals surface area contributed by atoms with Crippen LogP contribution in [-0.4, -0.2) is 21.9 Å². The van der Waals surface area contributed by atoms with Crippen molar-refractivity contribution >= 4 is 23.4 Å². The number of aromatic nitrogens is 2. The van der Waals surface area contributed by atoms with Crippen LogP contribution in [0.3, 0.4) is 0 Å². The molecule has 3 rings (SSSR count). The second-order valence-electron chi connectivity index (χ2n) is 4.94. The minimum Gasteiger partial charge on any atom is -0.416 e. The molecule has 0 spiro atoms. The number of amides is 1. The van der Waals surface area contributed by atoms with E-state index in [1.807, 2.05) is 30.3 Å². The predicted molar refractivity (Wildman–Crippen MR) is 89.3 cm³/mol. The lowest BCUT2D eigenvalue weighted by molar-refractivity contribution is -0.113. The van der Waals surface area contributed by atoms with Gasteiger partial charge in [0, 0.05) is 0 Å². The molecule has 1 heterocycles. The van der Waals surface area contributed by atoms with Crippen molar-refractivity contribution in [1.82, 2.24) is 10.2 Å². The first-order valence-corrected chi connectivity index (χ1v) is 8.23. The average molecular weight is 343 g/mol. The summed E-state index contributed by atoms with van der Waals surface area (Å²) in [6.45, 7) is 0. The van der Waals surface area contributed by atoms with Crippen molar-refractivity contribution in [3.8, 4) is 0 Å². The smallest absolute Gasteiger partial charge is 0.277 e. The molecule has 3 aromatic rings. The van der Waals surface area contributed by atoms with Gasteiger partial charge >= 0.3 is 0 Å². The number of carbonyl (C=O) groups excluding carboxylic acids is 1. The van der Waals surface area contributed by atoms with Gasteiger partial charge in [0.1, 0.15) is 5.82 Å². The van der Waals surface area contributed by atoms with Crippen LogP contribution in [0.5, 0.6) is 0 Å². The second-order valence-corrected chi connectivity index (χ2v) is 5.87. The van der Waals surface area contributed by atoms with Gasteiger partial charge in [-0.3, -0.25) is 4.79 Å². The Labute approximate surface area is 142 Å². The number of anilines is 1. The molecule has 5 nitrogen and oxygen atoms in total. The van der Waals surface area contributed by atoms with Gasteiger partial charge in [0.15, 0.2) is 0 Å². The van der Waals surface area contributed by atoms with Crippen LogP contribution in [0.1, 0.15) is 11.5 Å². The first kappa shape index (κ1) is 16.2. The van der Waals surface area contributed by atoms with E-state index in [-0.39, 0.29) is 17.3 Å². The highest BCUT2D eigenvalue weighted by atomic mass is 32.2. The summed E-state index contributed by atoms with van der Waals surface area (Å²) < 4.78 is 19.0. The summed E-state index contributed by atoms with van der Waals surface area (Å²) in [6.07, 6.45) is 0.538. The van der Waals surface area contributed by atoms with Crippen molar-refractivity contribution < 1.29 is 13.6 Å². The standard InChI is InChI=1S/C17H14FN3O2S/c18-13-8-4-5-9-14(13)19-15(22)11-24-17-21-20-16(23-17)10-12-6-2-1-3-7-12/h1-9H,10-11H2,(H,19,22). The minimum atomic E-state index is -0.473. The van der Waals surface area contributed by atoms with Gasteiger partial charge in [-0.05, 0) is 17.7 Å². The normalized spacial score (nSPS) is 10.5. The van der Waals surface area contributed by atoms with E-state index in [2.05, 4.69) is 15.5 Å². The van der Waals surface area contributed by atoms with E-state index in [0.717, 1.165) is 17.3 Å². The lowest BCUT2D eigenvalue weighted by atomic mass is 10.2. The molecule has 1 amide bonds. The molecule has 2 aromatic carbocycles. The Morgan fingerprint density at radius 1 is 1.08 bits per heavy atom. The van der Waals surface area contributed by atoms with Crippen LogP contribution in [0.2, 0.25) is 0 Å². The maximum atomic E-state index is 13.5. The zero-order valence-electron chi connectivity index (χ0n) is 12.6. The van der Waals surface area contributed by atoms with Gasteiger partial charge in [0.2, 0.25) is 11.8 Å². The van der Waals surface area contributed by atoms with Crippen LogP contribution in [0.25, 0.3) is 0 Å². The van der Waals surface area contributed by atoms with Gasteiger partial charge in [-0.25, -0.2) is 4.39 Å². The molecule has 24 heavy (non-hydrogen) atoms. The summed E-state index contributed by atoms with van der Waals surface area (Å²) in [4.78, 5) is 11.8. The molecule has 0 aliphatic heterocycles. The van der Waals surface area contributed by atoms with Crippen LogP contribution in [0.15, 0.2) is 64.2 Å². The fourth-order valence-electron chi connectivity index (χ4n) is 2.01. The van der Waals surface area contributed by atoms with Crippen LogP contribution < -0.4 is 5.32 Å². The number of carbonyl (C=O) groups is 1. The summed E-state index contributed by atoms with van der Waals surface area (Å²) in [7, 11) is 0. The quantitative estimate of drug-likeness (QED) is 0.694. The number of benzene rings is 2. The number of rotatable bonds is 6. The molecule has 0 aliphatic carbocycles. The first-order chi connectivity index (χ1) is 11.7. The first-order valence-electron chi connectivity index (χ1n) is 7.24. The Morgan fingerprint density at radius 3 is 2.62 bits per heavy atom. The van der Waals surface area contributed by atoms with E-state index in [1.54, 1.807) is 12.1 Å². The monoisotopic (exact) mass is 343 g/mol. The molecule has 0 bridgehead atoms. The van der Waals surface area contributed by atoms with Crippen molar-refractivity contribution in [2.45, 2.75) is 11.6 Å². The fourth-order valence-corrected chi connectivity index (χ4v) is 2.60. The van der Waals surface area contributed by atoms with Crippen molar-refractivity contribution in [3.05, 3.63) is 71.9 Å². The number of para-hydroxylation sites is 1. The van der Waals surface area contributed by atoms with Crippen molar-refractivity contribution in [3.63, 3.8) is 0 Å². The summed E-state index contributed by atoms with van der Waals surface area (Å²) in [5, 5.41) is 10.7. The van der Waals surface area contributed by atoms with Crippen LogP contribution >= 0.6 is 11.8 Å². The molecule has 0 fully saturated rings. The van der Waals surface area contributed by atoms with Gasteiger partial charge in [-0.1, -0.05) is 54.2 Å². The zero-order chi connectivity index (χ0) is 16.8. The summed E-state index contributed by atoms with van der Waals surface area (Å²) in [6, 6.07) is 15.8. The molecular formula is C17H14FN3O2S. The van der Waals surface area contributed by atoms with E-state index in [0.29, 0.717) is 17.5 Å². The number of nitrogens with one attached hydrogen (secondary N) is 1. The summed E-state index contributed by atoms with van der Waals surface area (Å²) >= 11 is 1.11. The highest BCUT2D eigenvalue weighted by Gasteiger charge is 2.11. The molecule has 0 saturated carbocycles. The third-order valence-electron chi connectivity index (χ3n) is 3.12. The van der Waals surface area contributed by atoms with Crippen molar-refractivity contribution in [1.29, 1.82) is 0 Å². The van der Waals surface area contributed by atoms with Gasteiger partial charge in [0.25, 0.3) is 5.22 Å². The van der Waals surface area contributed by atoms with Crippen LogP contribution in [0.4, 0.5) is 10.1 Å². The van der Waals surface area contributed by atoms with Gasteiger partial charge in [0.05, 0.1) is 17.9 Å². The Morgan fingerprint density at radius 2 is 1.83 bits per heavy atom. The Bertz CT molecular complexity index is 823. The largest absolute Gasteiger partial charge is 0.416 e. The number of nitrogens with zero attached hydrogens (tertiary/aromatic N) is 2. The fraction of sp³-hybridized carbons (Fsp3) is 0.118. The zero-order valence-corrected chi connectivity index (χ0v) is 13.4. The number of halogens is 1. The van der Waals surface area contributed by atoms with Crippen LogP contribution in [-0.2, 0) is 11.2 Å². The SMILES string of the molecule is O=C(CSc1nnc(Cc2ccccc2)o1)Nc1ccccc1F. The van der Waals surface area contributed by atoms with Gasteiger partial charge in [-0.15, -0.1) is 10.2 Å². The van der Waals surface area contributed by atoms with Gasteiger partial charge in [-0.2, -0.15) is 0 Å². The minimum absolute atomic E-state index is 0.0568. The molecule has 7 heteroatoms. The van der Waals surface area contributed by atoms with E-state index in [4.69, 9.17) is 4.42 Å². The van der Waals surface area contributed by atoms with Crippen molar-refractivity contribution in [2.75, 3.05) is 11.1 Å². The number of thioether (sulfide) groups is 1. The molecule has 0 atom stereocenters. The molecule has 0 saturated heterocycles. The molecule has 0 aliphatic rings. The topological polar surface area (TPSA) is 68.0 Å². The van der Waals surface area contributed by atoms with Crippen molar-refractivity contribution in [2.24, 2.45) is 0 Å². The molecule has 0 unspecified atom stereocenters. The highest BCUT2D eigenvalue weighted by molar-refractivity contribution is 7.99. The summed E-state index contributed by atoms with van der Waals surface area (Å²) in [5.74, 6) is -0.272. The number of hydrogen-bond acceptors (Lipinski definition) is 5. The molecular weight excluding hydrogens is 329 g/mol. The third kappa shape index (κ3) is 4.42.